The maximum atomic E-state index is 5.83. The Balaban J connectivity index is 1.63. The molecule has 1 fully saturated rings. The molecule has 0 atom stereocenters. The highest BCUT2D eigenvalue weighted by molar-refractivity contribution is 7.07. The molecule has 1 aliphatic carbocycles. The summed E-state index contributed by atoms with van der Waals surface area (Å²) in [6.07, 6.45) is 2.61. The molecule has 1 aromatic carbocycles. The van der Waals surface area contributed by atoms with Gasteiger partial charge in [0.2, 0.25) is 0 Å². The van der Waals surface area contributed by atoms with Crippen LogP contribution in [0.3, 0.4) is 0 Å². The van der Waals surface area contributed by atoms with Gasteiger partial charge in [-0.15, -0.1) is 0 Å². The highest BCUT2D eigenvalue weighted by atomic mass is 32.1. The molecule has 0 amide bonds. The summed E-state index contributed by atoms with van der Waals surface area (Å²) in [6, 6.07) is 8.94. The fourth-order valence-electron chi connectivity index (χ4n) is 2.03. The monoisotopic (exact) mass is 289 g/mol. The van der Waals surface area contributed by atoms with Crippen LogP contribution in [0.1, 0.15) is 24.0 Å². The van der Waals surface area contributed by atoms with Crippen LogP contribution in [0.25, 0.3) is 0 Å². The maximum Gasteiger partial charge on any atom is 0.161 e. The third-order valence-electron chi connectivity index (χ3n) is 3.37. The van der Waals surface area contributed by atoms with Gasteiger partial charge in [-0.25, -0.2) is 0 Å². The Bertz CT molecular complexity index is 550. The summed E-state index contributed by atoms with van der Waals surface area (Å²) in [5, 5.41) is 7.66. The predicted octanol–water partition coefficient (Wildman–Crippen LogP) is 3.59. The molecular weight excluding hydrogens is 270 g/mol. The molecule has 3 rings (SSSR count). The van der Waals surface area contributed by atoms with E-state index in [-0.39, 0.29) is 0 Å². The molecule has 20 heavy (non-hydrogen) atoms. The van der Waals surface area contributed by atoms with E-state index in [1.165, 1.54) is 24.0 Å². The number of methoxy groups -OCH3 is 1. The number of ether oxygens (including phenoxy) is 2. The van der Waals surface area contributed by atoms with Gasteiger partial charge < -0.3 is 14.8 Å². The first-order valence-corrected chi connectivity index (χ1v) is 7.83. The van der Waals surface area contributed by atoms with Crippen LogP contribution in [0, 0.1) is 0 Å². The molecule has 106 valence electrons. The molecule has 0 bridgehead atoms. The lowest BCUT2D eigenvalue weighted by atomic mass is 10.2. The predicted molar refractivity (Wildman–Crippen MR) is 81.5 cm³/mol. The van der Waals surface area contributed by atoms with Crippen molar-refractivity contribution in [2.24, 2.45) is 0 Å². The third kappa shape index (κ3) is 3.52. The van der Waals surface area contributed by atoms with Gasteiger partial charge in [0, 0.05) is 12.6 Å². The van der Waals surface area contributed by atoms with Crippen LogP contribution in [0.5, 0.6) is 11.5 Å². The lowest BCUT2D eigenvalue weighted by Crippen LogP contribution is -2.15. The molecular formula is C16H19NO2S. The third-order valence-corrected chi connectivity index (χ3v) is 4.11. The number of nitrogens with one attached hydrogen (secondary N) is 1. The smallest absolute Gasteiger partial charge is 0.161 e. The molecule has 1 aliphatic rings. The number of hydrogen-bond acceptors (Lipinski definition) is 4. The second-order valence-corrected chi connectivity index (χ2v) is 5.84. The highest BCUT2D eigenvalue weighted by Crippen LogP contribution is 2.29. The molecule has 0 aliphatic heterocycles. The van der Waals surface area contributed by atoms with Crippen molar-refractivity contribution in [1.82, 2.24) is 5.32 Å². The van der Waals surface area contributed by atoms with Crippen molar-refractivity contribution in [3.8, 4) is 11.5 Å². The van der Waals surface area contributed by atoms with Gasteiger partial charge in [0.05, 0.1) is 7.11 Å². The Morgan fingerprint density at radius 2 is 2.10 bits per heavy atom. The molecule has 0 saturated heterocycles. The van der Waals surface area contributed by atoms with Crippen LogP contribution < -0.4 is 14.8 Å². The van der Waals surface area contributed by atoms with E-state index in [1.54, 1.807) is 18.4 Å². The quantitative estimate of drug-likeness (QED) is 0.845. The Labute approximate surface area is 123 Å². The Kier molecular flexibility index (Phi) is 4.23. The average molecular weight is 289 g/mol. The van der Waals surface area contributed by atoms with Crippen molar-refractivity contribution in [2.45, 2.75) is 32.0 Å². The van der Waals surface area contributed by atoms with Gasteiger partial charge >= 0.3 is 0 Å². The van der Waals surface area contributed by atoms with Crippen molar-refractivity contribution in [1.29, 1.82) is 0 Å². The molecule has 1 heterocycles. The largest absolute Gasteiger partial charge is 0.493 e. The minimum Gasteiger partial charge on any atom is -0.493 e. The Morgan fingerprint density at radius 3 is 2.80 bits per heavy atom. The van der Waals surface area contributed by atoms with Gasteiger partial charge in [0.15, 0.2) is 11.5 Å². The van der Waals surface area contributed by atoms with Gasteiger partial charge in [-0.05, 0) is 52.9 Å². The standard InChI is InChI=1S/C16H19NO2S/c1-18-16-8-12(9-17-14-3-4-14)2-5-15(16)19-10-13-6-7-20-11-13/h2,5-8,11,14,17H,3-4,9-10H2,1H3. The first-order chi connectivity index (χ1) is 9.85. The van der Waals surface area contributed by atoms with Gasteiger partial charge in [0.1, 0.15) is 6.61 Å². The number of benzene rings is 1. The summed E-state index contributed by atoms with van der Waals surface area (Å²) >= 11 is 1.68. The highest BCUT2D eigenvalue weighted by Gasteiger charge is 2.20. The maximum absolute atomic E-state index is 5.83. The van der Waals surface area contributed by atoms with Gasteiger partial charge in [-0.2, -0.15) is 11.3 Å². The van der Waals surface area contributed by atoms with Crippen molar-refractivity contribution >= 4 is 11.3 Å². The van der Waals surface area contributed by atoms with E-state index in [1.807, 2.05) is 6.07 Å². The number of thiophene rings is 1. The zero-order chi connectivity index (χ0) is 13.8. The van der Waals surface area contributed by atoms with E-state index in [0.29, 0.717) is 6.61 Å². The van der Waals surface area contributed by atoms with Gasteiger partial charge in [-0.3, -0.25) is 0 Å². The van der Waals surface area contributed by atoms with Crippen molar-refractivity contribution < 1.29 is 9.47 Å². The summed E-state index contributed by atoms with van der Waals surface area (Å²) in [7, 11) is 1.69. The zero-order valence-corrected chi connectivity index (χ0v) is 12.4. The molecule has 3 nitrogen and oxygen atoms in total. The van der Waals surface area contributed by atoms with Crippen molar-refractivity contribution in [3.63, 3.8) is 0 Å². The fraction of sp³-hybridized carbons (Fsp3) is 0.375. The van der Waals surface area contributed by atoms with Crippen LogP contribution in [0.4, 0.5) is 0 Å². The lowest BCUT2D eigenvalue weighted by molar-refractivity contribution is 0.284. The number of rotatable bonds is 7. The van der Waals surface area contributed by atoms with Crippen LogP contribution in [-0.4, -0.2) is 13.2 Å². The first kappa shape index (κ1) is 13.5. The number of hydrogen-bond donors (Lipinski definition) is 1. The van der Waals surface area contributed by atoms with Gasteiger partial charge in [-0.1, -0.05) is 6.07 Å². The van der Waals surface area contributed by atoms with Crippen molar-refractivity contribution in [2.75, 3.05) is 7.11 Å². The first-order valence-electron chi connectivity index (χ1n) is 6.89. The second-order valence-electron chi connectivity index (χ2n) is 5.06. The molecule has 1 saturated carbocycles. The van der Waals surface area contributed by atoms with Crippen LogP contribution in [0.2, 0.25) is 0 Å². The molecule has 2 aromatic rings. The van der Waals surface area contributed by atoms with Crippen molar-refractivity contribution in [3.05, 3.63) is 46.2 Å². The van der Waals surface area contributed by atoms with Crippen LogP contribution in [-0.2, 0) is 13.2 Å². The summed E-state index contributed by atoms with van der Waals surface area (Å²) in [5.41, 5.74) is 2.42. The summed E-state index contributed by atoms with van der Waals surface area (Å²) < 4.78 is 11.3. The second kappa shape index (κ2) is 6.29. The Hall–Kier alpha value is -1.52. The fourth-order valence-corrected chi connectivity index (χ4v) is 2.68. The average Bonchev–Trinajstić information content (AvgIpc) is 3.17. The molecule has 0 radical (unpaired) electrons. The topological polar surface area (TPSA) is 30.5 Å². The summed E-state index contributed by atoms with van der Waals surface area (Å²) in [4.78, 5) is 0. The minimum absolute atomic E-state index is 0.583. The van der Waals surface area contributed by atoms with E-state index in [4.69, 9.17) is 9.47 Å². The van der Waals surface area contributed by atoms with Crippen LogP contribution in [0.15, 0.2) is 35.0 Å². The molecule has 1 aromatic heterocycles. The molecule has 0 spiro atoms. The SMILES string of the molecule is COc1cc(CNC2CC2)ccc1OCc1ccsc1. The minimum atomic E-state index is 0.583. The molecule has 1 N–H and O–H groups in total. The Morgan fingerprint density at radius 1 is 1.20 bits per heavy atom. The van der Waals surface area contributed by atoms with E-state index in [2.05, 4.69) is 34.3 Å². The lowest BCUT2D eigenvalue weighted by Gasteiger charge is -2.12. The van der Waals surface area contributed by atoms with E-state index in [9.17, 15) is 0 Å². The molecule has 0 unspecified atom stereocenters. The van der Waals surface area contributed by atoms with Crippen LogP contribution >= 0.6 is 11.3 Å². The summed E-state index contributed by atoms with van der Waals surface area (Å²) in [5.74, 6) is 1.60. The molecule has 4 heteroatoms. The van der Waals surface area contributed by atoms with E-state index < -0.39 is 0 Å². The zero-order valence-electron chi connectivity index (χ0n) is 11.6. The normalized spacial score (nSPS) is 14.2. The van der Waals surface area contributed by atoms with E-state index >= 15 is 0 Å². The van der Waals surface area contributed by atoms with Gasteiger partial charge in [0.25, 0.3) is 0 Å². The van der Waals surface area contributed by atoms with E-state index in [0.717, 1.165) is 24.1 Å². The summed E-state index contributed by atoms with van der Waals surface area (Å²) in [6.45, 7) is 1.48.